The molecule has 1 heterocycles. The summed E-state index contributed by atoms with van der Waals surface area (Å²) in [5.41, 5.74) is 8.24. The molecule has 0 unspecified atom stereocenters. The van der Waals surface area contributed by atoms with Crippen molar-refractivity contribution >= 4 is 11.6 Å². The molecule has 0 fully saturated rings. The predicted octanol–water partition coefficient (Wildman–Crippen LogP) is 1.91. The molecule has 0 aliphatic heterocycles. The van der Waals surface area contributed by atoms with Crippen molar-refractivity contribution in [3.63, 3.8) is 0 Å². The molecule has 0 spiro atoms. The van der Waals surface area contributed by atoms with Gasteiger partial charge in [0.05, 0.1) is 30.3 Å². The average Bonchev–Trinajstić information content (AvgIpc) is 2.47. The number of hydrogen-bond donors (Lipinski definition) is 2. The van der Waals surface area contributed by atoms with Crippen LogP contribution in [-0.2, 0) is 6.54 Å². The van der Waals surface area contributed by atoms with Crippen LogP contribution in [0.25, 0.3) is 0 Å². The van der Waals surface area contributed by atoms with Gasteiger partial charge in [0.1, 0.15) is 5.75 Å². The van der Waals surface area contributed by atoms with Gasteiger partial charge in [0.15, 0.2) is 0 Å². The van der Waals surface area contributed by atoms with E-state index in [1.165, 1.54) is 6.20 Å². The summed E-state index contributed by atoms with van der Waals surface area (Å²) < 4.78 is 5.14. The predicted molar refractivity (Wildman–Crippen MR) is 77.6 cm³/mol. The number of nitrogen functional groups attached to an aromatic ring is 1. The van der Waals surface area contributed by atoms with E-state index in [-0.39, 0.29) is 5.91 Å². The van der Waals surface area contributed by atoms with Crippen LogP contribution in [0.4, 0.5) is 5.69 Å². The number of carbonyl (C=O) groups excluding carboxylic acids is 1. The molecule has 0 aliphatic carbocycles. The summed E-state index contributed by atoms with van der Waals surface area (Å²) in [5, 5.41) is 2.84. The van der Waals surface area contributed by atoms with Crippen molar-refractivity contribution in [2.45, 2.75) is 13.5 Å². The number of nitrogens with one attached hydrogen (secondary N) is 1. The first-order chi connectivity index (χ1) is 9.60. The van der Waals surface area contributed by atoms with Crippen molar-refractivity contribution in [3.05, 3.63) is 53.3 Å². The number of benzene rings is 1. The molecule has 20 heavy (non-hydrogen) atoms. The standard InChI is InChI=1S/C15H17N3O2/c1-10-14(7-12(16)9-17-10)15(19)18-8-11-4-3-5-13(6-11)20-2/h3-7,9H,8,16H2,1-2H3,(H,18,19). The fourth-order valence-corrected chi connectivity index (χ4v) is 1.84. The van der Waals surface area contributed by atoms with Crippen LogP contribution in [0.2, 0.25) is 0 Å². The van der Waals surface area contributed by atoms with Crippen LogP contribution in [0.15, 0.2) is 36.5 Å². The number of pyridine rings is 1. The highest BCUT2D eigenvalue weighted by molar-refractivity contribution is 5.95. The van der Waals surface area contributed by atoms with E-state index in [2.05, 4.69) is 10.3 Å². The summed E-state index contributed by atoms with van der Waals surface area (Å²) >= 11 is 0. The van der Waals surface area contributed by atoms with Crippen molar-refractivity contribution in [3.8, 4) is 5.75 Å². The van der Waals surface area contributed by atoms with Gasteiger partial charge in [-0.25, -0.2) is 0 Å². The van der Waals surface area contributed by atoms with E-state index >= 15 is 0 Å². The molecular weight excluding hydrogens is 254 g/mol. The Hall–Kier alpha value is -2.56. The molecule has 1 amide bonds. The molecular formula is C15H17N3O2. The topological polar surface area (TPSA) is 77.2 Å². The van der Waals surface area contributed by atoms with Crippen LogP contribution in [0.1, 0.15) is 21.6 Å². The zero-order chi connectivity index (χ0) is 14.5. The van der Waals surface area contributed by atoms with E-state index < -0.39 is 0 Å². The molecule has 0 saturated heterocycles. The fraction of sp³-hybridized carbons (Fsp3) is 0.200. The lowest BCUT2D eigenvalue weighted by atomic mass is 10.1. The number of aromatic nitrogens is 1. The lowest BCUT2D eigenvalue weighted by molar-refractivity contribution is 0.0950. The van der Waals surface area contributed by atoms with Crippen LogP contribution < -0.4 is 15.8 Å². The summed E-state index contributed by atoms with van der Waals surface area (Å²) in [7, 11) is 1.61. The van der Waals surface area contributed by atoms with Gasteiger partial charge >= 0.3 is 0 Å². The van der Waals surface area contributed by atoms with Crippen LogP contribution in [0.5, 0.6) is 5.75 Å². The van der Waals surface area contributed by atoms with Crippen molar-refractivity contribution in [1.29, 1.82) is 0 Å². The lowest BCUT2D eigenvalue weighted by Gasteiger charge is -2.09. The third kappa shape index (κ3) is 3.26. The molecule has 2 aromatic rings. The Morgan fingerprint density at radius 3 is 2.95 bits per heavy atom. The zero-order valence-corrected chi connectivity index (χ0v) is 11.5. The number of carbonyl (C=O) groups is 1. The maximum Gasteiger partial charge on any atom is 0.253 e. The minimum absolute atomic E-state index is 0.190. The van der Waals surface area contributed by atoms with Crippen molar-refractivity contribution < 1.29 is 9.53 Å². The van der Waals surface area contributed by atoms with Gasteiger partial charge in [-0.15, -0.1) is 0 Å². The van der Waals surface area contributed by atoms with Crippen LogP contribution in [-0.4, -0.2) is 18.0 Å². The number of aryl methyl sites for hydroxylation is 1. The Morgan fingerprint density at radius 1 is 1.40 bits per heavy atom. The summed E-state index contributed by atoms with van der Waals surface area (Å²) in [6, 6.07) is 9.17. The quantitative estimate of drug-likeness (QED) is 0.890. The van der Waals surface area contributed by atoms with Gasteiger partial charge in [-0.1, -0.05) is 12.1 Å². The molecule has 0 radical (unpaired) electrons. The van der Waals surface area contributed by atoms with Crippen LogP contribution in [0.3, 0.4) is 0 Å². The van der Waals surface area contributed by atoms with Crippen molar-refractivity contribution in [2.24, 2.45) is 0 Å². The molecule has 104 valence electrons. The fourth-order valence-electron chi connectivity index (χ4n) is 1.84. The third-order valence-electron chi connectivity index (χ3n) is 2.94. The molecule has 0 bridgehead atoms. The number of anilines is 1. The van der Waals surface area contributed by atoms with Gasteiger partial charge in [-0.05, 0) is 30.7 Å². The SMILES string of the molecule is COc1cccc(CNC(=O)c2cc(N)cnc2C)c1. The molecule has 5 heteroatoms. The van der Waals surface area contributed by atoms with E-state index in [1.807, 2.05) is 24.3 Å². The molecule has 0 saturated carbocycles. The summed E-state index contributed by atoms with van der Waals surface area (Å²) in [6.07, 6.45) is 1.54. The third-order valence-corrected chi connectivity index (χ3v) is 2.94. The van der Waals surface area contributed by atoms with Gasteiger partial charge in [-0.3, -0.25) is 9.78 Å². The first kappa shape index (κ1) is 13.9. The van der Waals surface area contributed by atoms with E-state index in [9.17, 15) is 4.79 Å². The second-order valence-electron chi connectivity index (χ2n) is 4.44. The molecule has 1 aromatic heterocycles. The second kappa shape index (κ2) is 6.06. The Bertz CT molecular complexity index is 626. The number of hydrogen-bond acceptors (Lipinski definition) is 4. The first-order valence-electron chi connectivity index (χ1n) is 6.23. The van der Waals surface area contributed by atoms with Crippen LogP contribution in [0, 0.1) is 6.92 Å². The maximum atomic E-state index is 12.1. The highest BCUT2D eigenvalue weighted by atomic mass is 16.5. The smallest absolute Gasteiger partial charge is 0.253 e. The minimum atomic E-state index is -0.190. The molecule has 0 atom stereocenters. The number of nitrogens with zero attached hydrogens (tertiary/aromatic N) is 1. The van der Waals surface area contributed by atoms with E-state index in [0.29, 0.717) is 23.5 Å². The Morgan fingerprint density at radius 2 is 2.20 bits per heavy atom. The van der Waals surface area contributed by atoms with Gasteiger partial charge < -0.3 is 15.8 Å². The Kier molecular flexibility index (Phi) is 4.20. The Balaban J connectivity index is 2.06. The highest BCUT2D eigenvalue weighted by Crippen LogP contribution is 2.13. The maximum absolute atomic E-state index is 12.1. The molecule has 1 aromatic carbocycles. The number of rotatable bonds is 4. The highest BCUT2D eigenvalue weighted by Gasteiger charge is 2.10. The monoisotopic (exact) mass is 271 g/mol. The van der Waals surface area contributed by atoms with Crippen LogP contribution >= 0.6 is 0 Å². The van der Waals surface area contributed by atoms with Gasteiger partial charge in [0, 0.05) is 6.54 Å². The van der Waals surface area contributed by atoms with Gasteiger partial charge in [0.25, 0.3) is 5.91 Å². The van der Waals surface area contributed by atoms with E-state index in [4.69, 9.17) is 10.5 Å². The molecule has 2 rings (SSSR count). The summed E-state index contributed by atoms with van der Waals surface area (Å²) in [6.45, 7) is 2.20. The molecule has 0 aliphatic rings. The number of amides is 1. The molecule has 5 nitrogen and oxygen atoms in total. The first-order valence-corrected chi connectivity index (χ1v) is 6.23. The normalized spacial score (nSPS) is 10.1. The van der Waals surface area contributed by atoms with Gasteiger partial charge in [0.2, 0.25) is 0 Å². The number of methoxy groups -OCH3 is 1. The Labute approximate surface area is 117 Å². The van der Waals surface area contributed by atoms with Crippen molar-refractivity contribution in [2.75, 3.05) is 12.8 Å². The number of nitrogens with two attached hydrogens (primary N) is 1. The lowest BCUT2D eigenvalue weighted by Crippen LogP contribution is -2.24. The summed E-state index contributed by atoms with van der Waals surface area (Å²) in [4.78, 5) is 16.2. The van der Waals surface area contributed by atoms with Gasteiger partial charge in [-0.2, -0.15) is 0 Å². The summed E-state index contributed by atoms with van der Waals surface area (Å²) in [5.74, 6) is 0.573. The largest absolute Gasteiger partial charge is 0.497 e. The van der Waals surface area contributed by atoms with E-state index in [0.717, 1.165) is 11.3 Å². The number of ether oxygens (including phenoxy) is 1. The molecule has 3 N–H and O–H groups in total. The van der Waals surface area contributed by atoms with Crippen molar-refractivity contribution in [1.82, 2.24) is 10.3 Å². The zero-order valence-electron chi connectivity index (χ0n) is 11.5. The average molecular weight is 271 g/mol. The van der Waals surface area contributed by atoms with E-state index in [1.54, 1.807) is 20.1 Å². The minimum Gasteiger partial charge on any atom is -0.497 e. The second-order valence-corrected chi connectivity index (χ2v) is 4.44.